The van der Waals surface area contributed by atoms with Crippen molar-refractivity contribution in [1.82, 2.24) is 4.90 Å². The van der Waals surface area contributed by atoms with Crippen LogP contribution < -0.4 is 0 Å². The van der Waals surface area contributed by atoms with Crippen LogP contribution in [0.5, 0.6) is 0 Å². The summed E-state index contributed by atoms with van der Waals surface area (Å²) in [6.07, 6.45) is 8.21. The summed E-state index contributed by atoms with van der Waals surface area (Å²) in [6, 6.07) is 0.153. The summed E-state index contributed by atoms with van der Waals surface area (Å²) in [7, 11) is 0. The van der Waals surface area contributed by atoms with Gasteiger partial charge in [0.25, 0.3) is 0 Å². The fourth-order valence-electron chi connectivity index (χ4n) is 1.65. The standard InChI is InChI=1S/C11H15NO2/c1-2-3-5-10-6-7-11(14)12(10)8-4-9-13/h2-3,5,9-10H,1,4,6-8H2/b5-3+/t10-/m1/s1. The summed E-state index contributed by atoms with van der Waals surface area (Å²) in [5, 5.41) is 0. The van der Waals surface area contributed by atoms with Crippen molar-refractivity contribution in [3.8, 4) is 0 Å². The number of amides is 1. The number of rotatable bonds is 5. The van der Waals surface area contributed by atoms with Crippen LogP contribution in [0.25, 0.3) is 0 Å². The van der Waals surface area contributed by atoms with E-state index in [1.54, 1.807) is 11.0 Å². The fourth-order valence-corrected chi connectivity index (χ4v) is 1.65. The van der Waals surface area contributed by atoms with Crippen molar-refractivity contribution >= 4 is 12.2 Å². The van der Waals surface area contributed by atoms with Crippen LogP contribution in [-0.4, -0.2) is 29.7 Å². The molecule has 1 amide bonds. The van der Waals surface area contributed by atoms with Crippen molar-refractivity contribution in [3.63, 3.8) is 0 Å². The van der Waals surface area contributed by atoms with Gasteiger partial charge in [-0.3, -0.25) is 4.79 Å². The highest BCUT2D eigenvalue weighted by atomic mass is 16.2. The van der Waals surface area contributed by atoms with Crippen molar-refractivity contribution in [2.75, 3.05) is 6.54 Å². The van der Waals surface area contributed by atoms with E-state index >= 15 is 0 Å². The van der Waals surface area contributed by atoms with E-state index in [0.29, 0.717) is 19.4 Å². The Kier molecular flexibility index (Phi) is 4.11. The Morgan fingerprint density at radius 1 is 1.57 bits per heavy atom. The Morgan fingerprint density at radius 3 is 3.00 bits per heavy atom. The normalized spacial score (nSPS) is 21.9. The molecule has 1 rings (SSSR count). The first kappa shape index (κ1) is 10.7. The number of carbonyl (C=O) groups excluding carboxylic acids is 2. The predicted molar refractivity (Wildman–Crippen MR) is 54.8 cm³/mol. The van der Waals surface area contributed by atoms with E-state index in [4.69, 9.17) is 0 Å². The Balaban J connectivity index is 2.56. The molecule has 0 bridgehead atoms. The molecule has 0 aromatic carbocycles. The molecular formula is C11H15NO2. The van der Waals surface area contributed by atoms with Crippen molar-refractivity contribution in [2.45, 2.75) is 25.3 Å². The predicted octanol–water partition coefficient (Wildman–Crippen LogP) is 1.31. The molecule has 3 nitrogen and oxygen atoms in total. The SMILES string of the molecule is C=C/C=C/[C@@H]1CCC(=O)N1CCC=O. The minimum Gasteiger partial charge on any atom is -0.336 e. The third-order valence-corrected chi connectivity index (χ3v) is 2.33. The first-order valence-electron chi connectivity index (χ1n) is 4.82. The third-order valence-electron chi connectivity index (χ3n) is 2.33. The van der Waals surface area contributed by atoms with E-state index in [1.807, 2.05) is 12.2 Å². The van der Waals surface area contributed by atoms with E-state index in [2.05, 4.69) is 6.58 Å². The molecule has 0 unspecified atom stereocenters. The molecule has 0 aromatic heterocycles. The molecule has 3 heteroatoms. The highest BCUT2D eigenvalue weighted by molar-refractivity contribution is 5.79. The average Bonchev–Trinajstić information content (AvgIpc) is 2.53. The average molecular weight is 193 g/mol. The summed E-state index contributed by atoms with van der Waals surface area (Å²) in [6.45, 7) is 4.12. The summed E-state index contributed by atoms with van der Waals surface area (Å²) in [5.74, 6) is 0.144. The fraction of sp³-hybridized carbons (Fsp3) is 0.455. The maximum absolute atomic E-state index is 11.4. The van der Waals surface area contributed by atoms with Crippen LogP contribution in [0.2, 0.25) is 0 Å². The molecule has 0 radical (unpaired) electrons. The zero-order chi connectivity index (χ0) is 10.4. The molecule has 0 aromatic rings. The molecule has 0 spiro atoms. The first-order chi connectivity index (χ1) is 6.79. The number of carbonyl (C=O) groups is 2. The lowest BCUT2D eigenvalue weighted by Crippen LogP contribution is -2.32. The van der Waals surface area contributed by atoms with Gasteiger partial charge >= 0.3 is 0 Å². The van der Waals surface area contributed by atoms with Crippen molar-refractivity contribution < 1.29 is 9.59 Å². The smallest absolute Gasteiger partial charge is 0.223 e. The maximum Gasteiger partial charge on any atom is 0.223 e. The molecule has 1 saturated heterocycles. The second kappa shape index (κ2) is 5.37. The van der Waals surface area contributed by atoms with Gasteiger partial charge in [-0.05, 0) is 6.42 Å². The van der Waals surface area contributed by atoms with Crippen LogP contribution >= 0.6 is 0 Å². The number of allylic oxidation sites excluding steroid dienone is 2. The zero-order valence-electron chi connectivity index (χ0n) is 8.19. The first-order valence-corrected chi connectivity index (χ1v) is 4.82. The summed E-state index contributed by atoms with van der Waals surface area (Å²) < 4.78 is 0. The minimum atomic E-state index is 0.144. The number of aldehydes is 1. The minimum absolute atomic E-state index is 0.144. The molecule has 0 aliphatic carbocycles. The van der Waals surface area contributed by atoms with E-state index in [0.717, 1.165) is 12.7 Å². The number of nitrogens with zero attached hydrogens (tertiary/aromatic N) is 1. The second-order valence-corrected chi connectivity index (χ2v) is 3.27. The molecular weight excluding hydrogens is 178 g/mol. The van der Waals surface area contributed by atoms with Gasteiger partial charge in [-0.2, -0.15) is 0 Å². The van der Waals surface area contributed by atoms with E-state index in [1.165, 1.54) is 0 Å². The molecule has 0 N–H and O–H groups in total. The Labute approximate surface area is 84.1 Å². The van der Waals surface area contributed by atoms with Crippen LogP contribution in [-0.2, 0) is 9.59 Å². The van der Waals surface area contributed by atoms with Gasteiger partial charge in [0.05, 0.1) is 6.04 Å². The van der Waals surface area contributed by atoms with Crippen LogP contribution in [0.4, 0.5) is 0 Å². The molecule has 1 fully saturated rings. The van der Waals surface area contributed by atoms with Gasteiger partial charge in [-0.15, -0.1) is 0 Å². The lowest BCUT2D eigenvalue weighted by Gasteiger charge is -2.20. The van der Waals surface area contributed by atoms with Gasteiger partial charge in [0, 0.05) is 19.4 Å². The molecule has 1 heterocycles. The Hall–Kier alpha value is -1.38. The van der Waals surface area contributed by atoms with Crippen molar-refractivity contribution in [2.24, 2.45) is 0 Å². The lowest BCUT2D eigenvalue weighted by molar-refractivity contribution is -0.128. The highest BCUT2D eigenvalue weighted by Gasteiger charge is 2.27. The molecule has 76 valence electrons. The van der Waals surface area contributed by atoms with Crippen LogP contribution in [0, 0.1) is 0 Å². The van der Waals surface area contributed by atoms with Gasteiger partial charge in [0.2, 0.25) is 5.91 Å². The topological polar surface area (TPSA) is 37.4 Å². The van der Waals surface area contributed by atoms with E-state index < -0.39 is 0 Å². The molecule has 1 aliphatic heterocycles. The lowest BCUT2D eigenvalue weighted by atomic mass is 10.2. The second-order valence-electron chi connectivity index (χ2n) is 3.27. The maximum atomic E-state index is 11.4. The molecule has 1 aliphatic rings. The Bertz CT molecular complexity index is 258. The van der Waals surface area contributed by atoms with Crippen molar-refractivity contribution in [1.29, 1.82) is 0 Å². The van der Waals surface area contributed by atoms with Gasteiger partial charge in [0.1, 0.15) is 6.29 Å². The number of likely N-dealkylation sites (tertiary alicyclic amines) is 1. The zero-order valence-corrected chi connectivity index (χ0v) is 8.19. The highest BCUT2D eigenvalue weighted by Crippen LogP contribution is 2.19. The van der Waals surface area contributed by atoms with Crippen LogP contribution in [0.15, 0.2) is 24.8 Å². The van der Waals surface area contributed by atoms with E-state index in [-0.39, 0.29) is 11.9 Å². The van der Waals surface area contributed by atoms with Gasteiger partial charge in [-0.25, -0.2) is 0 Å². The van der Waals surface area contributed by atoms with Crippen LogP contribution in [0.3, 0.4) is 0 Å². The van der Waals surface area contributed by atoms with Gasteiger partial charge in [0.15, 0.2) is 0 Å². The van der Waals surface area contributed by atoms with Crippen LogP contribution in [0.1, 0.15) is 19.3 Å². The monoisotopic (exact) mass is 193 g/mol. The quantitative estimate of drug-likeness (QED) is 0.487. The molecule has 0 saturated carbocycles. The summed E-state index contributed by atoms with van der Waals surface area (Å²) >= 11 is 0. The third kappa shape index (κ3) is 2.55. The summed E-state index contributed by atoms with van der Waals surface area (Å²) in [5.41, 5.74) is 0. The van der Waals surface area contributed by atoms with Gasteiger partial charge < -0.3 is 9.69 Å². The molecule has 1 atom stereocenters. The number of hydrogen-bond donors (Lipinski definition) is 0. The van der Waals surface area contributed by atoms with Gasteiger partial charge in [-0.1, -0.05) is 24.8 Å². The summed E-state index contributed by atoms with van der Waals surface area (Å²) in [4.78, 5) is 23.4. The molecule has 14 heavy (non-hydrogen) atoms. The Morgan fingerprint density at radius 2 is 2.36 bits per heavy atom. The number of hydrogen-bond acceptors (Lipinski definition) is 2. The largest absolute Gasteiger partial charge is 0.336 e. The van der Waals surface area contributed by atoms with Crippen molar-refractivity contribution in [3.05, 3.63) is 24.8 Å². The van der Waals surface area contributed by atoms with E-state index in [9.17, 15) is 9.59 Å².